The smallest absolute Gasteiger partial charge is 0.303 e. The molecule has 0 heterocycles. The molecule has 2 aromatic carbocycles. The topological polar surface area (TPSA) is 66.8 Å². The molecule has 0 atom stereocenters. The molecular weight excluding hydrogens is 402 g/mol. The molecule has 0 bridgehead atoms. The predicted molar refractivity (Wildman–Crippen MR) is 119 cm³/mol. The third-order valence-electron chi connectivity index (χ3n) is 6.13. The third kappa shape index (κ3) is 5.09. The Bertz CT molecular complexity index is 1020. The van der Waals surface area contributed by atoms with Gasteiger partial charge in [-0.2, -0.15) is 0 Å². The highest BCUT2D eigenvalue weighted by Gasteiger charge is 2.37. The summed E-state index contributed by atoms with van der Waals surface area (Å²) in [7, 11) is -4.49. The van der Waals surface area contributed by atoms with Crippen molar-refractivity contribution in [2.75, 3.05) is 0 Å². The van der Waals surface area contributed by atoms with Gasteiger partial charge in [-0.3, -0.25) is 4.52 Å². The fourth-order valence-electron chi connectivity index (χ4n) is 4.09. The molecule has 1 aliphatic carbocycles. The molecule has 0 aliphatic heterocycles. The summed E-state index contributed by atoms with van der Waals surface area (Å²) >= 11 is 0. The summed E-state index contributed by atoms with van der Waals surface area (Å²) in [6.45, 7) is 10.5. The number of phosphoric ester groups is 1. The average Bonchev–Trinajstić information content (AvgIpc) is 2.64. The molecule has 0 saturated heterocycles. The van der Waals surface area contributed by atoms with Crippen LogP contribution in [-0.4, -0.2) is 9.79 Å². The molecule has 4 nitrogen and oxygen atoms in total. The lowest BCUT2D eigenvalue weighted by Gasteiger charge is -2.42. The molecule has 0 aromatic heterocycles. The number of phosphoric acid groups is 1. The van der Waals surface area contributed by atoms with E-state index < -0.39 is 7.82 Å². The van der Waals surface area contributed by atoms with Gasteiger partial charge in [-0.15, -0.1) is 0 Å². The highest BCUT2D eigenvalue weighted by Crippen LogP contribution is 2.47. The van der Waals surface area contributed by atoms with Crippen LogP contribution in [0.5, 0.6) is 0 Å². The molecule has 0 fully saturated rings. The van der Waals surface area contributed by atoms with Crippen molar-refractivity contribution < 1.29 is 23.3 Å². The van der Waals surface area contributed by atoms with Crippen LogP contribution >= 0.6 is 7.82 Å². The zero-order valence-corrected chi connectivity index (χ0v) is 19.1. The first-order chi connectivity index (χ1) is 13.8. The van der Waals surface area contributed by atoms with Crippen LogP contribution in [0.15, 0.2) is 36.4 Å². The molecule has 3 rings (SSSR count). The zero-order valence-electron chi connectivity index (χ0n) is 18.2. The van der Waals surface area contributed by atoms with Crippen LogP contribution in [0.4, 0.5) is 4.39 Å². The van der Waals surface area contributed by atoms with Gasteiger partial charge in [0.25, 0.3) is 0 Å². The molecular formula is C24H30FO4P. The summed E-state index contributed by atoms with van der Waals surface area (Å²) in [6, 6.07) is 10.9. The second-order valence-corrected chi connectivity index (χ2v) is 10.7. The number of rotatable bonds is 5. The fourth-order valence-corrected chi connectivity index (χ4v) is 4.40. The van der Waals surface area contributed by atoms with Crippen molar-refractivity contribution in [1.82, 2.24) is 0 Å². The first-order valence-electron chi connectivity index (χ1n) is 10.1. The van der Waals surface area contributed by atoms with Crippen molar-refractivity contribution in [3.8, 4) is 0 Å². The van der Waals surface area contributed by atoms with Crippen LogP contribution in [0.1, 0.15) is 75.3 Å². The Morgan fingerprint density at radius 2 is 1.60 bits per heavy atom. The summed E-state index contributed by atoms with van der Waals surface area (Å²) < 4.78 is 30.4. The molecule has 2 aromatic rings. The molecule has 162 valence electrons. The molecule has 2 N–H and O–H groups in total. The Kier molecular flexibility index (Phi) is 6.14. The standard InChI is InChI=1S/C24H30FO4P/c1-16(12-17-6-8-18(9-7-17)15-29-30(26,27)28)19-13-20-21(14-22(19)25)24(4,5)11-10-23(20,2)3/h6-9,12-14H,10-11,15H2,1-5H3,(H2,26,27,28). The SMILES string of the molecule is CC(=Cc1ccc(COP(=O)(O)O)cc1)c1cc2c(cc1F)C(C)(C)CCC2(C)C. The number of fused-ring (bicyclic) bond motifs is 1. The molecule has 6 heteroatoms. The first kappa shape index (κ1) is 22.9. The second kappa shape index (κ2) is 8.05. The van der Waals surface area contributed by atoms with E-state index in [0.29, 0.717) is 11.1 Å². The van der Waals surface area contributed by atoms with Gasteiger partial charge >= 0.3 is 7.82 Å². The van der Waals surface area contributed by atoms with Crippen molar-refractivity contribution in [3.05, 3.63) is 70.0 Å². The van der Waals surface area contributed by atoms with E-state index in [4.69, 9.17) is 9.79 Å². The van der Waals surface area contributed by atoms with Crippen molar-refractivity contribution in [3.63, 3.8) is 0 Å². The van der Waals surface area contributed by atoms with Gasteiger partial charge in [-0.25, -0.2) is 8.96 Å². The Balaban J connectivity index is 1.91. The number of hydrogen-bond acceptors (Lipinski definition) is 2. The van der Waals surface area contributed by atoms with Gasteiger partial charge in [0.15, 0.2) is 0 Å². The zero-order chi connectivity index (χ0) is 22.3. The van der Waals surface area contributed by atoms with E-state index in [1.165, 1.54) is 5.56 Å². The lowest BCUT2D eigenvalue weighted by Crippen LogP contribution is -2.34. The highest BCUT2D eigenvalue weighted by molar-refractivity contribution is 7.46. The van der Waals surface area contributed by atoms with E-state index in [9.17, 15) is 4.57 Å². The van der Waals surface area contributed by atoms with Gasteiger partial charge in [0.1, 0.15) is 5.82 Å². The van der Waals surface area contributed by atoms with Crippen LogP contribution in [0.25, 0.3) is 11.6 Å². The molecule has 30 heavy (non-hydrogen) atoms. The Hall–Kier alpha value is -1.78. The van der Waals surface area contributed by atoms with Gasteiger partial charge in [-0.05, 0) is 70.6 Å². The van der Waals surface area contributed by atoms with Crippen LogP contribution in [-0.2, 0) is 26.5 Å². The Morgan fingerprint density at radius 3 is 2.13 bits per heavy atom. The monoisotopic (exact) mass is 432 g/mol. The maximum atomic E-state index is 15.1. The number of hydrogen-bond donors (Lipinski definition) is 2. The molecule has 0 spiro atoms. The number of benzene rings is 2. The van der Waals surface area contributed by atoms with E-state index in [-0.39, 0.29) is 23.3 Å². The maximum absolute atomic E-state index is 15.1. The van der Waals surface area contributed by atoms with E-state index in [0.717, 1.165) is 29.5 Å². The van der Waals surface area contributed by atoms with E-state index in [1.54, 1.807) is 18.2 Å². The molecule has 1 aliphatic rings. The van der Waals surface area contributed by atoms with Gasteiger partial charge in [-0.1, -0.05) is 58.0 Å². The Morgan fingerprint density at radius 1 is 1.07 bits per heavy atom. The summed E-state index contributed by atoms with van der Waals surface area (Å²) in [5.74, 6) is -0.208. The molecule has 0 amide bonds. The minimum absolute atomic E-state index is 0.00802. The number of allylic oxidation sites excluding steroid dienone is 1. The molecule has 0 saturated carbocycles. The quantitative estimate of drug-likeness (QED) is 0.427. The van der Waals surface area contributed by atoms with Crippen molar-refractivity contribution in [2.24, 2.45) is 0 Å². The molecule has 0 unspecified atom stereocenters. The van der Waals surface area contributed by atoms with Crippen molar-refractivity contribution >= 4 is 19.5 Å². The van der Waals surface area contributed by atoms with E-state index >= 15 is 4.39 Å². The third-order valence-corrected chi connectivity index (χ3v) is 6.59. The lowest BCUT2D eigenvalue weighted by atomic mass is 9.63. The van der Waals surface area contributed by atoms with Gasteiger partial charge in [0.2, 0.25) is 0 Å². The van der Waals surface area contributed by atoms with Gasteiger partial charge < -0.3 is 9.79 Å². The Labute approximate surface area is 178 Å². The van der Waals surface area contributed by atoms with Crippen LogP contribution in [0.3, 0.4) is 0 Å². The normalized spacial score (nSPS) is 18.2. The van der Waals surface area contributed by atoms with Crippen molar-refractivity contribution in [2.45, 2.75) is 64.9 Å². The average molecular weight is 432 g/mol. The summed E-state index contributed by atoms with van der Waals surface area (Å²) in [4.78, 5) is 17.6. The predicted octanol–water partition coefficient (Wildman–Crippen LogP) is 6.34. The van der Waals surface area contributed by atoms with Gasteiger partial charge in [0.05, 0.1) is 6.61 Å². The summed E-state index contributed by atoms with van der Waals surface area (Å²) in [5, 5.41) is 0. The van der Waals surface area contributed by atoms with E-state index in [2.05, 4.69) is 32.2 Å². The number of halogens is 1. The summed E-state index contributed by atoms with van der Waals surface area (Å²) in [6.07, 6.45) is 4.02. The second-order valence-electron chi connectivity index (χ2n) is 9.48. The van der Waals surface area contributed by atoms with Crippen LogP contribution < -0.4 is 0 Å². The lowest BCUT2D eigenvalue weighted by molar-refractivity contribution is 0.189. The van der Waals surface area contributed by atoms with Gasteiger partial charge in [0, 0.05) is 5.56 Å². The summed E-state index contributed by atoms with van der Waals surface area (Å²) in [5.41, 5.74) is 5.25. The minimum atomic E-state index is -4.49. The van der Waals surface area contributed by atoms with E-state index in [1.807, 2.05) is 31.2 Å². The van der Waals surface area contributed by atoms with Crippen LogP contribution in [0, 0.1) is 5.82 Å². The van der Waals surface area contributed by atoms with Crippen molar-refractivity contribution in [1.29, 1.82) is 0 Å². The highest BCUT2D eigenvalue weighted by atomic mass is 31.2. The maximum Gasteiger partial charge on any atom is 0.469 e. The molecule has 0 radical (unpaired) electrons. The van der Waals surface area contributed by atoms with Crippen LogP contribution in [0.2, 0.25) is 0 Å². The largest absolute Gasteiger partial charge is 0.469 e. The first-order valence-corrected chi connectivity index (χ1v) is 11.6. The fraction of sp³-hybridized carbons (Fsp3) is 0.417. The minimum Gasteiger partial charge on any atom is -0.303 e.